The van der Waals surface area contributed by atoms with Crippen molar-refractivity contribution in [2.75, 3.05) is 0 Å². The molecule has 1 fully saturated rings. The zero-order valence-corrected chi connectivity index (χ0v) is 19.7. The van der Waals surface area contributed by atoms with Crippen LogP contribution in [0.2, 0.25) is 0 Å². The summed E-state index contributed by atoms with van der Waals surface area (Å²) in [6.45, 7) is -0.429. The average Bonchev–Trinajstić information content (AvgIpc) is 3.51. The Hall–Kier alpha value is -4.31. The molecule has 0 spiro atoms. The van der Waals surface area contributed by atoms with Crippen LogP contribution in [0.4, 0.5) is 8.78 Å². The van der Waals surface area contributed by atoms with Gasteiger partial charge in [0, 0.05) is 30.4 Å². The highest BCUT2D eigenvalue weighted by Crippen LogP contribution is 2.31. The van der Waals surface area contributed by atoms with Gasteiger partial charge in [-0.2, -0.15) is 5.10 Å². The molecule has 2 aromatic carbocycles. The van der Waals surface area contributed by atoms with Gasteiger partial charge in [0.1, 0.15) is 11.6 Å². The van der Waals surface area contributed by atoms with Gasteiger partial charge in [-0.1, -0.05) is 12.1 Å². The monoisotopic (exact) mass is 504 g/mol. The van der Waals surface area contributed by atoms with E-state index >= 15 is 8.78 Å². The lowest BCUT2D eigenvalue weighted by Gasteiger charge is -2.32. The van der Waals surface area contributed by atoms with Crippen LogP contribution in [-0.2, 0) is 13.6 Å². The van der Waals surface area contributed by atoms with Crippen molar-refractivity contribution < 1.29 is 23.1 Å². The van der Waals surface area contributed by atoms with Gasteiger partial charge < -0.3 is 19.4 Å². The summed E-state index contributed by atoms with van der Waals surface area (Å²) in [6.07, 6.45) is 4.87. The molecule has 3 aromatic heterocycles. The molecule has 8 nitrogen and oxygen atoms in total. The summed E-state index contributed by atoms with van der Waals surface area (Å²) in [5.74, 6) is -2.18. The van der Waals surface area contributed by atoms with E-state index < -0.39 is 41.8 Å². The van der Waals surface area contributed by atoms with Gasteiger partial charge in [0.25, 0.3) is 11.5 Å². The fraction of sp³-hybridized carbons (Fsp3) is 0.222. The second kappa shape index (κ2) is 8.67. The number of carbonyl (C=O) groups is 1. The minimum atomic E-state index is -0.821. The third-order valence-corrected chi connectivity index (χ3v) is 6.93. The van der Waals surface area contributed by atoms with E-state index in [0.29, 0.717) is 29.5 Å². The third kappa shape index (κ3) is 3.89. The first-order valence-electron chi connectivity index (χ1n) is 11.8. The molecule has 188 valence electrons. The number of hydrogen-bond acceptors (Lipinski definition) is 5. The molecule has 1 saturated carbocycles. The van der Waals surface area contributed by atoms with E-state index in [9.17, 15) is 14.7 Å². The number of nitrogens with one attached hydrogen (secondary N) is 1. The summed E-state index contributed by atoms with van der Waals surface area (Å²) in [6, 6.07) is 8.82. The van der Waals surface area contributed by atoms with Gasteiger partial charge in [-0.3, -0.25) is 14.3 Å². The minimum Gasteiger partial charge on any atom is -0.463 e. The summed E-state index contributed by atoms with van der Waals surface area (Å²) in [4.78, 5) is 26.0. The number of aromatic nitrogens is 3. The zero-order chi connectivity index (χ0) is 25.8. The number of amides is 1. The molecule has 6 rings (SSSR count). The molecule has 1 aliphatic carbocycles. The maximum Gasteiger partial charge on any atom is 0.262 e. The number of aryl methyl sites for hydroxylation is 1. The lowest BCUT2D eigenvalue weighted by molar-refractivity contribution is 0.0447. The number of aliphatic hydroxyl groups is 1. The number of halogens is 2. The van der Waals surface area contributed by atoms with E-state index in [1.165, 1.54) is 30.7 Å². The Morgan fingerprint density at radius 3 is 2.65 bits per heavy atom. The van der Waals surface area contributed by atoms with Gasteiger partial charge in [-0.05, 0) is 48.2 Å². The highest BCUT2D eigenvalue weighted by molar-refractivity contribution is 6.04. The largest absolute Gasteiger partial charge is 0.463 e. The first-order chi connectivity index (χ1) is 17.8. The fourth-order valence-electron chi connectivity index (χ4n) is 4.78. The van der Waals surface area contributed by atoms with Gasteiger partial charge >= 0.3 is 0 Å². The normalized spacial score (nSPS) is 17.3. The molecular weight excluding hydrogens is 482 g/mol. The van der Waals surface area contributed by atoms with Crippen molar-refractivity contribution in [1.82, 2.24) is 19.7 Å². The molecule has 5 aromatic rings. The lowest BCUT2D eigenvalue weighted by atomic mass is 9.89. The van der Waals surface area contributed by atoms with Crippen LogP contribution in [0.15, 0.2) is 64.3 Å². The number of furan rings is 1. The Morgan fingerprint density at radius 2 is 1.95 bits per heavy atom. The van der Waals surface area contributed by atoms with Crippen molar-refractivity contribution in [3.63, 3.8) is 0 Å². The molecule has 0 bridgehead atoms. The van der Waals surface area contributed by atoms with E-state index in [2.05, 4.69) is 10.4 Å². The quantitative estimate of drug-likeness (QED) is 0.380. The predicted octanol–water partition coefficient (Wildman–Crippen LogP) is 3.73. The van der Waals surface area contributed by atoms with Gasteiger partial charge in [0.15, 0.2) is 5.58 Å². The predicted molar refractivity (Wildman–Crippen MR) is 132 cm³/mol. The number of benzene rings is 2. The van der Waals surface area contributed by atoms with Crippen molar-refractivity contribution in [3.05, 3.63) is 88.2 Å². The number of fused-ring (bicyclic) bond motifs is 2. The molecule has 10 heteroatoms. The zero-order valence-electron chi connectivity index (χ0n) is 19.7. The number of nitrogens with zero attached hydrogens (tertiary/aromatic N) is 3. The molecule has 0 radical (unpaired) electrons. The summed E-state index contributed by atoms with van der Waals surface area (Å²) >= 11 is 0. The summed E-state index contributed by atoms with van der Waals surface area (Å²) in [7, 11) is 1.77. The van der Waals surface area contributed by atoms with E-state index in [4.69, 9.17) is 4.42 Å². The molecule has 1 aliphatic rings. The van der Waals surface area contributed by atoms with Gasteiger partial charge in [0.2, 0.25) is 0 Å². The van der Waals surface area contributed by atoms with Gasteiger partial charge in [-0.15, -0.1) is 0 Å². The van der Waals surface area contributed by atoms with E-state index in [0.717, 1.165) is 9.95 Å². The number of carbonyl (C=O) groups excluding carboxylic acids is 1. The molecule has 2 atom stereocenters. The van der Waals surface area contributed by atoms with Crippen molar-refractivity contribution in [1.29, 1.82) is 0 Å². The van der Waals surface area contributed by atoms with E-state index in [-0.39, 0.29) is 22.1 Å². The number of pyridine rings is 1. The smallest absolute Gasteiger partial charge is 0.262 e. The Labute approximate surface area is 208 Å². The SMILES string of the molecule is Cn1cc2c(-c3cc(F)c(Cn4cc(C(=O)N[C@@H]5CC[C@H]5O)c5occc5c4=O)c(F)c3)cccc2n1. The van der Waals surface area contributed by atoms with Crippen molar-refractivity contribution in [2.24, 2.45) is 7.05 Å². The minimum absolute atomic E-state index is 0.0411. The lowest BCUT2D eigenvalue weighted by Crippen LogP contribution is -2.50. The standard InChI is InChI=1S/C27H22F2N4O4/c1-32-11-17-15(3-2-4-22(17)31-32)14-9-20(28)18(21(29)10-14)12-33-13-19(25-16(27(33)36)7-8-37-25)26(35)30-23-5-6-24(23)34/h2-4,7-11,13,23-24,34H,5-6,12H2,1H3,(H,30,35)/t23-,24-/m1/s1. The van der Waals surface area contributed by atoms with Gasteiger partial charge in [-0.25, -0.2) is 8.78 Å². The Bertz CT molecular complexity index is 1730. The van der Waals surface area contributed by atoms with Crippen LogP contribution in [-0.4, -0.2) is 37.5 Å². The summed E-state index contributed by atoms with van der Waals surface area (Å²) in [5.41, 5.74) is 0.927. The molecule has 0 unspecified atom stereocenters. The number of rotatable bonds is 5. The first-order valence-corrected chi connectivity index (χ1v) is 11.8. The van der Waals surface area contributed by atoms with Crippen LogP contribution >= 0.6 is 0 Å². The second-order valence-electron chi connectivity index (χ2n) is 9.32. The van der Waals surface area contributed by atoms with E-state index in [1.807, 2.05) is 6.07 Å². The van der Waals surface area contributed by atoms with Crippen LogP contribution in [0.1, 0.15) is 28.8 Å². The Kier molecular flexibility index (Phi) is 5.41. The average molecular weight is 504 g/mol. The highest BCUT2D eigenvalue weighted by atomic mass is 19.1. The van der Waals surface area contributed by atoms with Crippen LogP contribution in [0.5, 0.6) is 0 Å². The maximum absolute atomic E-state index is 15.3. The number of hydrogen-bond donors (Lipinski definition) is 2. The third-order valence-electron chi connectivity index (χ3n) is 6.93. The molecule has 2 N–H and O–H groups in total. The van der Waals surface area contributed by atoms with Crippen LogP contribution in [0.3, 0.4) is 0 Å². The van der Waals surface area contributed by atoms with Crippen molar-refractivity contribution >= 4 is 27.8 Å². The van der Waals surface area contributed by atoms with E-state index in [1.54, 1.807) is 30.1 Å². The Morgan fingerprint density at radius 1 is 1.16 bits per heavy atom. The second-order valence-corrected chi connectivity index (χ2v) is 9.32. The van der Waals surface area contributed by atoms with Crippen molar-refractivity contribution in [2.45, 2.75) is 31.5 Å². The maximum atomic E-state index is 15.3. The van der Waals surface area contributed by atoms with Crippen LogP contribution in [0, 0.1) is 11.6 Å². The van der Waals surface area contributed by atoms with Gasteiger partial charge in [0.05, 0.1) is 41.4 Å². The summed E-state index contributed by atoms with van der Waals surface area (Å²) in [5, 5.41) is 17.7. The summed E-state index contributed by atoms with van der Waals surface area (Å²) < 4.78 is 38.7. The molecule has 0 aliphatic heterocycles. The molecule has 37 heavy (non-hydrogen) atoms. The molecule has 0 saturated heterocycles. The molecule has 1 amide bonds. The highest BCUT2D eigenvalue weighted by Gasteiger charge is 2.31. The van der Waals surface area contributed by atoms with Crippen LogP contribution in [0.25, 0.3) is 33.0 Å². The Balaban J connectivity index is 1.38. The molecular formula is C27H22F2N4O4. The van der Waals surface area contributed by atoms with Crippen molar-refractivity contribution in [3.8, 4) is 11.1 Å². The fourth-order valence-corrected chi connectivity index (χ4v) is 4.78. The number of aliphatic hydroxyl groups excluding tert-OH is 1. The van der Waals surface area contributed by atoms with Crippen LogP contribution < -0.4 is 10.9 Å². The molecule has 3 heterocycles. The first kappa shape index (κ1) is 23.1. The topological polar surface area (TPSA) is 102 Å².